The molecule has 0 aromatic carbocycles. The number of rotatable bonds is 1. The monoisotopic (exact) mass is 212 g/mol. The number of fused-ring (bicyclic) bond motifs is 2. The second-order valence-electron chi connectivity index (χ2n) is 4.19. The summed E-state index contributed by atoms with van der Waals surface area (Å²) in [4.78, 5) is 22.2. The van der Waals surface area contributed by atoms with Crippen molar-refractivity contribution in [2.45, 2.75) is 31.1 Å². The molecule has 1 aliphatic carbocycles. The van der Waals surface area contributed by atoms with E-state index in [0.29, 0.717) is 6.54 Å². The lowest BCUT2D eigenvalue weighted by Gasteiger charge is -2.47. The number of hydrogen-bond acceptors (Lipinski definition) is 6. The largest absolute Gasteiger partial charge is 0.468 e. The molecule has 2 saturated heterocycles. The van der Waals surface area contributed by atoms with Crippen molar-refractivity contribution in [3.8, 4) is 0 Å². The number of ether oxygens (including phenoxy) is 1. The van der Waals surface area contributed by atoms with Crippen LogP contribution in [0, 0.1) is 5.41 Å². The average Bonchev–Trinajstić information content (AvgIpc) is 2.77. The SMILES string of the molecule is COC(=O)[C@@]12CN=N[C@H]1[C@@H]1CC[C@H]2OO1. The number of nitrogens with zero attached hydrogens (tertiary/aromatic N) is 2. The maximum Gasteiger partial charge on any atom is 0.318 e. The second kappa shape index (κ2) is 2.99. The molecule has 82 valence electrons. The van der Waals surface area contributed by atoms with Gasteiger partial charge in [0.05, 0.1) is 13.7 Å². The number of carbonyl (C=O) groups is 1. The Kier molecular flexibility index (Phi) is 1.84. The molecule has 4 atom stereocenters. The molecule has 3 aliphatic heterocycles. The molecular formula is C9H12N2O4. The van der Waals surface area contributed by atoms with Crippen molar-refractivity contribution >= 4 is 5.97 Å². The summed E-state index contributed by atoms with van der Waals surface area (Å²) in [6.45, 7) is 0.356. The third-order valence-corrected chi connectivity index (χ3v) is 3.57. The van der Waals surface area contributed by atoms with Crippen molar-refractivity contribution in [3.63, 3.8) is 0 Å². The minimum atomic E-state index is -0.726. The molecular weight excluding hydrogens is 200 g/mol. The van der Waals surface area contributed by atoms with Gasteiger partial charge >= 0.3 is 5.97 Å². The van der Waals surface area contributed by atoms with E-state index in [1.807, 2.05) is 0 Å². The molecule has 0 N–H and O–H groups in total. The highest BCUT2D eigenvalue weighted by Gasteiger charge is 2.65. The molecule has 4 rings (SSSR count). The van der Waals surface area contributed by atoms with Crippen molar-refractivity contribution in [1.29, 1.82) is 0 Å². The lowest BCUT2D eigenvalue weighted by Crippen LogP contribution is -2.63. The summed E-state index contributed by atoms with van der Waals surface area (Å²) in [6, 6.07) is -0.225. The molecule has 2 bridgehead atoms. The number of hydrogen-bond donors (Lipinski definition) is 0. The van der Waals surface area contributed by atoms with Crippen LogP contribution in [-0.2, 0) is 19.3 Å². The number of azo groups is 1. The van der Waals surface area contributed by atoms with Gasteiger partial charge in [0.2, 0.25) is 0 Å². The van der Waals surface area contributed by atoms with E-state index in [1.54, 1.807) is 0 Å². The third kappa shape index (κ3) is 0.981. The van der Waals surface area contributed by atoms with Crippen molar-refractivity contribution in [1.82, 2.24) is 0 Å². The molecule has 0 amide bonds. The molecule has 6 nitrogen and oxygen atoms in total. The normalized spacial score (nSPS) is 46.6. The Morgan fingerprint density at radius 3 is 3.00 bits per heavy atom. The average molecular weight is 212 g/mol. The van der Waals surface area contributed by atoms with Gasteiger partial charge in [-0.2, -0.15) is 10.2 Å². The highest BCUT2D eigenvalue weighted by molar-refractivity contribution is 5.80. The number of esters is 1. The van der Waals surface area contributed by atoms with Crippen LogP contribution in [0.25, 0.3) is 0 Å². The van der Waals surface area contributed by atoms with Crippen LogP contribution in [0.15, 0.2) is 10.2 Å². The van der Waals surface area contributed by atoms with Crippen LogP contribution >= 0.6 is 0 Å². The van der Waals surface area contributed by atoms with E-state index in [0.717, 1.165) is 12.8 Å². The van der Waals surface area contributed by atoms with Crippen molar-refractivity contribution in [3.05, 3.63) is 0 Å². The summed E-state index contributed by atoms with van der Waals surface area (Å²) < 4.78 is 4.85. The van der Waals surface area contributed by atoms with Crippen LogP contribution in [0.3, 0.4) is 0 Å². The first-order valence-corrected chi connectivity index (χ1v) is 5.06. The molecule has 6 heteroatoms. The highest BCUT2D eigenvalue weighted by Crippen LogP contribution is 2.49. The quantitative estimate of drug-likeness (QED) is 0.468. The molecule has 0 radical (unpaired) electrons. The van der Waals surface area contributed by atoms with E-state index < -0.39 is 5.41 Å². The van der Waals surface area contributed by atoms with E-state index in [2.05, 4.69) is 10.2 Å². The molecule has 1 saturated carbocycles. The summed E-state index contributed by atoms with van der Waals surface area (Å²) in [6.07, 6.45) is 1.25. The molecule has 15 heavy (non-hydrogen) atoms. The minimum absolute atomic E-state index is 0.152. The standard InChI is InChI=1S/C9H12N2O4/c1-13-8(12)9-4-10-11-7(9)5-2-3-6(9)15-14-5/h5-7H,2-4H2,1H3/t5-,6+,7-,9+/m0/s1. The van der Waals surface area contributed by atoms with Crippen LogP contribution in [0.5, 0.6) is 0 Å². The maximum atomic E-state index is 11.9. The van der Waals surface area contributed by atoms with E-state index >= 15 is 0 Å². The molecule has 0 spiro atoms. The van der Waals surface area contributed by atoms with Crippen molar-refractivity contribution < 1.29 is 19.3 Å². The Labute approximate surface area is 86.5 Å². The topological polar surface area (TPSA) is 69.5 Å². The molecule has 0 aromatic heterocycles. The van der Waals surface area contributed by atoms with Gasteiger partial charge in [-0.15, -0.1) is 0 Å². The Morgan fingerprint density at radius 1 is 1.47 bits per heavy atom. The Hall–Kier alpha value is -1.01. The molecule has 0 unspecified atom stereocenters. The summed E-state index contributed by atoms with van der Waals surface area (Å²) >= 11 is 0. The lowest BCUT2D eigenvalue weighted by molar-refractivity contribution is -0.422. The summed E-state index contributed by atoms with van der Waals surface area (Å²) in [5.41, 5.74) is -0.726. The van der Waals surface area contributed by atoms with Gasteiger partial charge < -0.3 is 4.74 Å². The van der Waals surface area contributed by atoms with Crippen molar-refractivity contribution in [2.75, 3.05) is 13.7 Å². The van der Waals surface area contributed by atoms with Crippen LogP contribution in [-0.4, -0.2) is 37.9 Å². The molecule has 3 heterocycles. The maximum absolute atomic E-state index is 11.9. The predicted molar refractivity (Wildman–Crippen MR) is 46.9 cm³/mol. The second-order valence-corrected chi connectivity index (χ2v) is 4.19. The summed E-state index contributed by atoms with van der Waals surface area (Å²) in [5, 5.41) is 8.07. The summed E-state index contributed by atoms with van der Waals surface area (Å²) in [7, 11) is 1.38. The van der Waals surface area contributed by atoms with Gasteiger partial charge in [0.15, 0.2) is 0 Å². The molecule has 4 aliphatic rings. The Balaban J connectivity index is 2.02. The zero-order chi connectivity index (χ0) is 10.5. The predicted octanol–water partition coefficient (Wildman–Crippen LogP) is 0.473. The minimum Gasteiger partial charge on any atom is -0.468 e. The van der Waals surface area contributed by atoms with Gasteiger partial charge in [-0.25, -0.2) is 9.78 Å². The first-order valence-electron chi connectivity index (χ1n) is 5.06. The fourth-order valence-corrected chi connectivity index (χ4v) is 2.75. The van der Waals surface area contributed by atoms with E-state index in [1.165, 1.54) is 7.11 Å². The lowest BCUT2D eigenvalue weighted by atomic mass is 9.67. The van der Waals surface area contributed by atoms with E-state index in [9.17, 15) is 4.79 Å². The zero-order valence-corrected chi connectivity index (χ0v) is 8.38. The van der Waals surface area contributed by atoms with Crippen LogP contribution < -0.4 is 0 Å². The van der Waals surface area contributed by atoms with Gasteiger partial charge in [0.25, 0.3) is 0 Å². The zero-order valence-electron chi connectivity index (χ0n) is 8.38. The van der Waals surface area contributed by atoms with Gasteiger partial charge in [-0.05, 0) is 12.8 Å². The van der Waals surface area contributed by atoms with Crippen LogP contribution in [0.1, 0.15) is 12.8 Å². The first-order chi connectivity index (χ1) is 7.29. The summed E-state index contributed by atoms with van der Waals surface area (Å²) in [5.74, 6) is -0.282. The fourth-order valence-electron chi connectivity index (χ4n) is 2.75. The van der Waals surface area contributed by atoms with Gasteiger partial charge in [0.1, 0.15) is 23.7 Å². The van der Waals surface area contributed by atoms with Crippen LogP contribution in [0.2, 0.25) is 0 Å². The van der Waals surface area contributed by atoms with Gasteiger partial charge in [-0.3, -0.25) is 4.79 Å². The Bertz CT molecular complexity index is 324. The van der Waals surface area contributed by atoms with Gasteiger partial charge in [0, 0.05) is 0 Å². The number of carbonyl (C=O) groups excluding carboxylic acids is 1. The van der Waals surface area contributed by atoms with E-state index in [4.69, 9.17) is 14.5 Å². The highest BCUT2D eigenvalue weighted by atomic mass is 17.2. The fraction of sp³-hybridized carbons (Fsp3) is 0.889. The number of methoxy groups -OCH3 is 1. The Morgan fingerprint density at radius 2 is 2.33 bits per heavy atom. The van der Waals surface area contributed by atoms with Crippen LogP contribution in [0.4, 0.5) is 0 Å². The molecule has 3 fully saturated rings. The van der Waals surface area contributed by atoms with Gasteiger partial charge in [-0.1, -0.05) is 0 Å². The smallest absolute Gasteiger partial charge is 0.318 e. The van der Waals surface area contributed by atoms with E-state index in [-0.39, 0.29) is 24.2 Å². The third-order valence-electron chi connectivity index (χ3n) is 3.57. The van der Waals surface area contributed by atoms with Crippen molar-refractivity contribution in [2.24, 2.45) is 15.6 Å². The first kappa shape index (κ1) is 9.23. The molecule has 0 aromatic rings.